The number of sulfonamides is 1. The molecule has 1 aromatic heterocycles. The van der Waals surface area contributed by atoms with Gasteiger partial charge in [-0.25, -0.2) is 13.2 Å². The number of benzene rings is 1. The topological polar surface area (TPSA) is 96.6 Å². The van der Waals surface area contributed by atoms with Gasteiger partial charge in [0.2, 0.25) is 5.76 Å². The molecule has 0 fully saturated rings. The number of nitrogens with one attached hydrogen (secondary N) is 1. The summed E-state index contributed by atoms with van der Waals surface area (Å²) in [6, 6.07) is 6.04. The largest absolute Gasteiger partial charge is 0.475 e. The summed E-state index contributed by atoms with van der Waals surface area (Å²) < 4.78 is 32.2. The molecule has 2 aromatic rings. The SMILES string of the molecule is Cc1ccc(NS(=O)(=O)c2cc(C(=O)O)oc2Br)c(Br)c1. The third-order valence-corrected chi connectivity index (χ3v) is 5.40. The molecule has 0 aliphatic heterocycles. The minimum atomic E-state index is -3.98. The zero-order valence-electron chi connectivity index (χ0n) is 10.6. The molecule has 1 aromatic carbocycles. The minimum Gasteiger partial charge on any atom is -0.475 e. The number of carbonyl (C=O) groups is 1. The monoisotopic (exact) mass is 437 g/mol. The Labute approximate surface area is 137 Å². The summed E-state index contributed by atoms with van der Waals surface area (Å²) in [4.78, 5) is 10.5. The molecule has 112 valence electrons. The number of halogens is 2. The number of carboxylic acid groups (broad SMARTS) is 1. The average Bonchev–Trinajstić information content (AvgIpc) is 2.76. The van der Waals surface area contributed by atoms with Crippen LogP contribution < -0.4 is 4.72 Å². The van der Waals surface area contributed by atoms with Gasteiger partial charge < -0.3 is 9.52 Å². The van der Waals surface area contributed by atoms with Crippen LogP contribution in [0.3, 0.4) is 0 Å². The van der Waals surface area contributed by atoms with Gasteiger partial charge in [0.15, 0.2) is 4.67 Å². The standard InChI is InChI=1S/C12H9Br2NO5S/c1-6-2-3-8(7(13)4-6)15-21(18,19)10-5-9(12(16)17)20-11(10)14/h2-5,15H,1H3,(H,16,17). The van der Waals surface area contributed by atoms with Gasteiger partial charge in [0.1, 0.15) is 4.90 Å². The maximum atomic E-state index is 12.3. The molecule has 0 atom stereocenters. The van der Waals surface area contributed by atoms with Gasteiger partial charge in [-0.05, 0) is 56.5 Å². The first-order valence-electron chi connectivity index (χ1n) is 5.52. The predicted octanol–water partition coefficient (Wildman–Crippen LogP) is 3.61. The number of aryl methyl sites for hydroxylation is 1. The van der Waals surface area contributed by atoms with Crippen LogP contribution in [0.1, 0.15) is 16.1 Å². The van der Waals surface area contributed by atoms with Crippen molar-refractivity contribution in [3.63, 3.8) is 0 Å². The maximum Gasteiger partial charge on any atom is 0.371 e. The molecule has 0 aliphatic rings. The Balaban J connectivity index is 2.41. The summed E-state index contributed by atoms with van der Waals surface area (Å²) in [5.41, 5.74) is 1.30. The van der Waals surface area contributed by atoms with Crippen LogP contribution in [0.5, 0.6) is 0 Å². The van der Waals surface area contributed by atoms with Crippen molar-refractivity contribution in [1.82, 2.24) is 0 Å². The number of hydrogen-bond acceptors (Lipinski definition) is 4. The zero-order chi connectivity index (χ0) is 15.8. The van der Waals surface area contributed by atoms with Crippen molar-refractivity contribution in [2.24, 2.45) is 0 Å². The highest BCUT2D eigenvalue weighted by atomic mass is 79.9. The van der Waals surface area contributed by atoms with Gasteiger partial charge in [0.25, 0.3) is 10.0 Å². The molecular formula is C12H9Br2NO5S. The third-order valence-electron chi connectivity index (χ3n) is 2.52. The van der Waals surface area contributed by atoms with Gasteiger partial charge >= 0.3 is 5.97 Å². The quantitative estimate of drug-likeness (QED) is 0.759. The van der Waals surface area contributed by atoms with E-state index in [0.29, 0.717) is 10.2 Å². The first-order valence-corrected chi connectivity index (χ1v) is 8.59. The van der Waals surface area contributed by atoms with E-state index in [1.54, 1.807) is 18.2 Å². The second kappa shape index (κ2) is 5.82. The van der Waals surface area contributed by atoms with Gasteiger partial charge in [-0.15, -0.1) is 0 Å². The number of hydrogen-bond donors (Lipinski definition) is 2. The number of anilines is 1. The molecule has 0 saturated carbocycles. The predicted molar refractivity (Wildman–Crippen MR) is 83.1 cm³/mol. The fraction of sp³-hybridized carbons (Fsp3) is 0.0833. The van der Waals surface area contributed by atoms with Gasteiger partial charge in [-0.1, -0.05) is 6.07 Å². The molecule has 2 rings (SSSR count). The van der Waals surface area contributed by atoms with E-state index in [9.17, 15) is 13.2 Å². The van der Waals surface area contributed by atoms with Gasteiger partial charge in [0, 0.05) is 10.5 Å². The van der Waals surface area contributed by atoms with E-state index in [-0.39, 0.29) is 9.56 Å². The average molecular weight is 439 g/mol. The van der Waals surface area contributed by atoms with Gasteiger partial charge in [-0.3, -0.25) is 4.72 Å². The Bertz CT molecular complexity index is 813. The number of aromatic carboxylic acids is 1. The van der Waals surface area contributed by atoms with Crippen LogP contribution in [0.4, 0.5) is 5.69 Å². The molecule has 0 aliphatic carbocycles. The molecule has 0 bridgehead atoms. The van der Waals surface area contributed by atoms with Gasteiger partial charge in [0.05, 0.1) is 5.69 Å². The molecule has 0 saturated heterocycles. The smallest absolute Gasteiger partial charge is 0.371 e. The maximum absolute atomic E-state index is 12.3. The van der Waals surface area contributed by atoms with Crippen molar-refractivity contribution < 1.29 is 22.7 Å². The van der Waals surface area contributed by atoms with Crippen molar-refractivity contribution >= 4 is 53.5 Å². The fourth-order valence-electron chi connectivity index (χ4n) is 1.54. The van der Waals surface area contributed by atoms with Crippen molar-refractivity contribution in [3.8, 4) is 0 Å². The molecular weight excluding hydrogens is 430 g/mol. The molecule has 0 unspecified atom stereocenters. The summed E-state index contributed by atoms with van der Waals surface area (Å²) in [5, 5.41) is 8.82. The van der Waals surface area contributed by atoms with E-state index >= 15 is 0 Å². The number of furan rings is 1. The Kier molecular flexibility index (Phi) is 4.45. The first-order chi connectivity index (χ1) is 9.70. The van der Waals surface area contributed by atoms with E-state index in [0.717, 1.165) is 11.6 Å². The lowest BCUT2D eigenvalue weighted by Gasteiger charge is -2.09. The number of carboxylic acids is 1. The fourth-order valence-corrected chi connectivity index (χ4v) is 4.29. The van der Waals surface area contributed by atoms with Gasteiger partial charge in [-0.2, -0.15) is 0 Å². The third kappa shape index (κ3) is 3.47. The lowest BCUT2D eigenvalue weighted by Crippen LogP contribution is -2.13. The van der Waals surface area contributed by atoms with Crippen LogP contribution in [0, 0.1) is 6.92 Å². The van der Waals surface area contributed by atoms with Crippen LogP contribution >= 0.6 is 31.9 Å². The van der Waals surface area contributed by atoms with E-state index in [1.807, 2.05) is 6.92 Å². The van der Waals surface area contributed by atoms with Crippen molar-refractivity contribution in [3.05, 3.63) is 44.7 Å². The highest BCUT2D eigenvalue weighted by molar-refractivity contribution is 9.10. The second-order valence-corrected chi connectivity index (χ2v) is 7.37. The van der Waals surface area contributed by atoms with Crippen LogP contribution in [0.15, 0.2) is 42.7 Å². The Morgan fingerprint density at radius 3 is 2.48 bits per heavy atom. The van der Waals surface area contributed by atoms with Crippen molar-refractivity contribution in [2.75, 3.05) is 4.72 Å². The van der Waals surface area contributed by atoms with Crippen LogP contribution in [-0.4, -0.2) is 19.5 Å². The van der Waals surface area contributed by atoms with E-state index in [2.05, 4.69) is 36.6 Å². The summed E-state index contributed by atoms with van der Waals surface area (Å²) in [7, 11) is -3.98. The Hall–Kier alpha value is -1.32. The zero-order valence-corrected chi connectivity index (χ0v) is 14.5. The lowest BCUT2D eigenvalue weighted by molar-refractivity contribution is 0.0661. The Morgan fingerprint density at radius 2 is 1.95 bits per heavy atom. The molecule has 0 radical (unpaired) electrons. The van der Waals surface area contributed by atoms with Crippen LogP contribution in [-0.2, 0) is 10.0 Å². The molecule has 2 N–H and O–H groups in total. The van der Waals surface area contributed by atoms with Crippen molar-refractivity contribution in [2.45, 2.75) is 11.8 Å². The minimum absolute atomic E-state index is 0.171. The summed E-state index contributed by atoms with van der Waals surface area (Å²) in [6.45, 7) is 1.87. The first kappa shape index (κ1) is 16.1. The second-order valence-electron chi connectivity index (χ2n) is 4.14. The summed E-state index contributed by atoms with van der Waals surface area (Å²) in [5.74, 6) is -1.82. The molecule has 21 heavy (non-hydrogen) atoms. The number of rotatable bonds is 4. The molecule has 0 amide bonds. The highest BCUT2D eigenvalue weighted by Gasteiger charge is 2.25. The van der Waals surface area contributed by atoms with Crippen LogP contribution in [0.25, 0.3) is 0 Å². The van der Waals surface area contributed by atoms with Crippen LogP contribution in [0.2, 0.25) is 0 Å². The van der Waals surface area contributed by atoms with E-state index < -0.39 is 21.8 Å². The lowest BCUT2D eigenvalue weighted by atomic mass is 10.2. The molecule has 6 nitrogen and oxygen atoms in total. The summed E-state index contributed by atoms with van der Waals surface area (Å²) >= 11 is 6.17. The highest BCUT2D eigenvalue weighted by Crippen LogP contribution is 2.30. The molecule has 0 spiro atoms. The van der Waals surface area contributed by atoms with E-state index in [4.69, 9.17) is 9.52 Å². The normalized spacial score (nSPS) is 11.4. The molecule has 9 heteroatoms. The summed E-state index contributed by atoms with van der Waals surface area (Å²) in [6.07, 6.45) is 0. The molecule has 1 heterocycles. The van der Waals surface area contributed by atoms with E-state index in [1.165, 1.54) is 0 Å². The van der Waals surface area contributed by atoms with Crippen molar-refractivity contribution in [1.29, 1.82) is 0 Å². The Morgan fingerprint density at radius 1 is 1.29 bits per heavy atom.